The Labute approximate surface area is 161 Å². The van der Waals surface area contributed by atoms with E-state index in [2.05, 4.69) is 23.8 Å². The number of alkyl halides is 2. The molecule has 2 aliphatic heterocycles. The summed E-state index contributed by atoms with van der Waals surface area (Å²) in [5, 5.41) is 3.56. The van der Waals surface area contributed by atoms with Crippen LogP contribution in [0, 0.1) is 11.7 Å². The number of aromatic nitrogens is 2. The molecule has 0 radical (unpaired) electrons. The standard InChI is InChI=1S/C20H23F3N4O/c1-20(2)11-13-12-25(18(28)17-7-9-24-27(17)19(22)23)10-8-16(13)26(20)15-5-3-14(21)4-6-15/h3-7,9,13,16,19H,8,10-12H2,1-2H3/t13-,16+/m1/s1. The number of likely N-dealkylation sites (tertiary alicyclic amines) is 1. The summed E-state index contributed by atoms with van der Waals surface area (Å²) in [6.07, 6.45) is 2.83. The zero-order valence-corrected chi connectivity index (χ0v) is 15.9. The van der Waals surface area contributed by atoms with Gasteiger partial charge in [0.1, 0.15) is 11.5 Å². The first-order chi connectivity index (χ1) is 13.3. The SMILES string of the molecule is CC1(C)C[C@@H]2CN(C(=O)c3ccnn3C(F)F)CC[C@@H]2N1c1ccc(F)cc1. The molecule has 2 saturated heterocycles. The molecule has 2 fully saturated rings. The Morgan fingerprint density at radius 1 is 1.21 bits per heavy atom. The highest BCUT2D eigenvalue weighted by Crippen LogP contribution is 2.44. The summed E-state index contributed by atoms with van der Waals surface area (Å²) in [6.45, 7) is 2.45. The van der Waals surface area contributed by atoms with Crippen LogP contribution in [0.4, 0.5) is 18.9 Å². The Hall–Kier alpha value is -2.51. The average molecular weight is 392 g/mol. The highest BCUT2D eigenvalue weighted by Gasteiger charge is 2.48. The van der Waals surface area contributed by atoms with Crippen LogP contribution in [-0.4, -0.2) is 45.3 Å². The Morgan fingerprint density at radius 3 is 2.61 bits per heavy atom. The number of anilines is 1. The van der Waals surface area contributed by atoms with Crippen LogP contribution in [-0.2, 0) is 0 Å². The quantitative estimate of drug-likeness (QED) is 0.795. The van der Waals surface area contributed by atoms with Gasteiger partial charge in [0.2, 0.25) is 0 Å². The molecule has 150 valence electrons. The molecule has 0 saturated carbocycles. The van der Waals surface area contributed by atoms with Crippen molar-refractivity contribution in [2.75, 3.05) is 18.0 Å². The molecule has 28 heavy (non-hydrogen) atoms. The molecule has 0 bridgehead atoms. The largest absolute Gasteiger partial charge is 0.363 e. The first kappa shape index (κ1) is 18.8. The number of amides is 1. The minimum Gasteiger partial charge on any atom is -0.363 e. The van der Waals surface area contributed by atoms with Crippen molar-refractivity contribution >= 4 is 11.6 Å². The van der Waals surface area contributed by atoms with Gasteiger partial charge in [0, 0.05) is 36.6 Å². The van der Waals surface area contributed by atoms with Crippen molar-refractivity contribution in [3.8, 4) is 0 Å². The van der Waals surface area contributed by atoms with E-state index in [1.54, 1.807) is 17.0 Å². The first-order valence-corrected chi connectivity index (χ1v) is 9.44. The molecule has 4 rings (SSSR count). The number of halogens is 3. The van der Waals surface area contributed by atoms with Gasteiger partial charge in [-0.3, -0.25) is 4.79 Å². The van der Waals surface area contributed by atoms with E-state index in [0.29, 0.717) is 17.8 Å². The first-order valence-electron chi connectivity index (χ1n) is 9.44. The minimum absolute atomic E-state index is 0.0823. The number of fused-ring (bicyclic) bond motifs is 1. The maximum Gasteiger partial charge on any atom is 0.333 e. The van der Waals surface area contributed by atoms with Gasteiger partial charge >= 0.3 is 6.55 Å². The Balaban J connectivity index is 1.54. The Bertz CT molecular complexity index is 865. The number of rotatable bonds is 3. The van der Waals surface area contributed by atoms with E-state index in [1.807, 2.05) is 0 Å². The molecule has 5 nitrogen and oxygen atoms in total. The summed E-state index contributed by atoms with van der Waals surface area (Å²) in [6, 6.07) is 8.07. The number of carbonyl (C=O) groups excluding carboxylic acids is 1. The lowest BCUT2D eigenvalue weighted by Crippen LogP contribution is -2.50. The molecular formula is C20H23F3N4O. The number of hydrogen-bond acceptors (Lipinski definition) is 3. The number of hydrogen-bond donors (Lipinski definition) is 0. The molecule has 0 aliphatic carbocycles. The Kier molecular flexibility index (Phi) is 4.59. The zero-order valence-electron chi connectivity index (χ0n) is 15.9. The van der Waals surface area contributed by atoms with Gasteiger partial charge in [0.25, 0.3) is 5.91 Å². The monoisotopic (exact) mass is 392 g/mol. The van der Waals surface area contributed by atoms with Crippen LogP contribution in [0.15, 0.2) is 36.5 Å². The van der Waals surface area contributed by atoms with Crippen LogP contribution in [0.1, 0.15) is 43.7 Å². The maximum atomic E-state index is 13.3. The minimum atomic E-state index is -2.84. The molecule has 3 heterocycles. The lowest BCUT2D eigenvalue weighted by Gasteiger charge is -2.41. The molecule has 1 aromatic carbocycles. The van der Waals surface area contributed by atoms with Crippen molar-refractivity contribution in [3.05, 3.63) is 48.0 Å². The fraction of sp³-hybridized carbons (Fsp3) is 0.500. The molecule has 1 amide bonds. The normalized spacial score (nSPS) is 23.9. The summed E-state index contributed by atoms with van der Waals surface area (Å²) < 4.78 is 39.9. The van der Waals surface area contributed by atoms with E-state index in [9.17, 15) is 18.0 Å². The van der Waals surface area contributed by atoms with Crippen molar-refractivity contribution < 1.29 is 18.0 Å². The summed E-state index contributed by atoms with van der Waals surface area (Å²) in [5.74, 6) is -0.455. The highest BCUT2D eigenvalue weighted by atomic mass is 19.3. The van der Waals surface area contributed by atoms with Crippen molar-refractivity contribution in [1.82, 2.24) is 14.7 Å². The second-order valence-electron chi connectivity index (χ2n) is 8.17. The summed E-state index contributed by atoms with van der Waals surface area (Å²) in [4.78, 5) is 16.8. The molecule has 2 aromatic rings. The lowest BCUT2D eigenvalue weighted by atomic mass is 9.89. The topological polar surface area (TPSA) is 41.4 Å². The predicted molar refractivity (Wildman–Crippen MR) is 98.9 cm³/mol. The van der Waals surface area contributed by atoms with Gasteiger partial charge in [0.15, 0.2) is 0 Å². The van der Waals surface area contributed by atoms with E-state index >= 15 is 0 Å². The highest BCUT2D eigenvalue weighted by molar-refractivity contribution is 5.92. The molecule has 8 heteroatoms. The van der Waals surface area contributed by atoms with Gasteiger partial charge < -0.3 is 9.80 Å². The number of benzene rings is 1. The lowest BCUT2D eigenvalue weighted by molar-refractivity contribution is 0.0436. The summed E-state index contributed by atoms with van der Waals surface area (Å²) in [5.41, 5.74) is 0.743. The molecule has 0 spiro atoms. The molecule has 2 atom stereocenters. The molecule has 2 aliphatic rings. The van der Waals surface area contributed by atoms with Crippen molar-refractivity contribution in [2.45, 2.75) is 44.8 Å². The third-order valence-electron chi connectivity index (χ3n) is 5.91. The van der Waals surface area contributed by atoms with Gasteiger partial charge in [-0.2, -0.15) is 18.6 Å². The van der Waals surface area contributed by atoms with Gasteiger partial charge in [-0.25, -0.2) is 4.39 Å². The van der Waals surface area contributed by atoms with Gasteiger partial charge in [-0.1, -0.05) is 0 Å². The van der Waals surface area contributed by atoms with Crippen molar-refractivity contribution in [2.24, 2.45) is 5.92 Å². The molecule has 0 unspecified atom stereocenters. The van der Waals surface area contributed by atoms with Gasteiger partial charge in [-0.05, 0) is 62.9 Å². The van der Waals surface area contributed by atoms with Crippen LogP contribution < -0.4 is 4.90 Å². The van der Waals surface area contributed by atoms with Crippen LogP contribution in [0.5, 0.6) is 0 Å². The Morgan fingerprint density at radius 2 is 1.93 bits per heavy atom. The summed E-state index contributed by atoms with van der Waals surface area (Å²) in [7, 11) is 0. The van der Waals surface area contributed by atoms with Crippen LogP contribution in [0.25, 0.3) is 0 Å². The fourth-order valence-corrected chi connectivity index (χ4v) is 4.88. The second kappa shape index (κ2) is 6.83. The summed E-state index contributed by atoms with van der Waals surface area (Å²) >= 11 is 0. The third kappa shape index (κ3) is 3.14. The number of carbonyl (C=O) groups is 1. The maximum absolute atomic E-state index is 13.3. The molecule has 0 N–H and O–H groups in total. The number of piperidine rings is 1. The number of nitrogens with zero attached hydrogens (tertiary/aromatic N) is 4. The van der Waals surface area contributed by atoms with Crippen molar-refractivity contribution in [3.63, 3.8) is 0 Å². The van der Waals surface area contributed by atoms with E-state index in [-0.39, 0.29) is 29.0 Å². The van der Waals surface area contributed by atoms with E-state index < -0.39 is 12.5 Å². The fourth-order valence-electron chi connectivity index (χ4n) is 4.88. The van der Waals surface area contributed by atoms with Crippen LogP contribution >= 0.6 is 0 Å². The predicted octanol–water partition coefficient (Wildman–Crippen LogP) is 3.94. The third-order valence-corrected chi connectivity index (χ3v) is 5.91. The van der Waals surface area contributed by atoms with Gasteiger partial charge in [-0.15, -0.1) is 0 Å². The van der Waals surface area contributed by atoms with Gasteiger partial charge in [0.05, 0.1) is 0 Å². The van der Waals surface area contributed by atoms with Crippen LogP contribution in [0.2, 0.25) is 0 Å². The average Bonchev–Trinajstić information content (AvgIpc) is 3.23. The van der Waals surface area contributed by atoms with E-state index in [0.717, 1.165) is 18.5 Å². The molecular weight excluding hydrogens is 369 g/mol. The molecule has 1 aromatic heterocycles. The smallest absolute Gasteiger partial charge is 0.333 e. The second-order valence-corrected chi connectivity index (χ2v) is 8.17. The van der Waals surface area contributed by atoms with Crippen LogP contribution in [0.3, 0.4) is 0 Å². The zero-order chi connectivity index (χ0) is 20.1. The van der Waals surface area contributed by atoms with E-state index in [1.165, 1.54) is 24.4 Å². The van der Waals surface area contributed by atoms with E-state index in [4.69, 9.17) is 0 Å². The van der Waals surface area contributed by atoms with Crippen molar-refractivity contribution in [1.29, 1.82) is 0 Å².